The largest absolute Gasteiger partial charge is 0.497 e. The van der Waals surface area contributed by atoms with Crippen molar-refractivity contribution in [1.29, 1.82) is 0 Å². The first-order chi connectivity index (χ1) is 15.9. The minimum absolute atomic E-state index is 0.0645. The number of benzene rings is 2. The van der Waals surface area contributed by atoms with Crippen LogP contribution in [0.4, 0.5) is 0 Å². The van der Waals surface area contributed by atoms with E-state index in [9.17, 15) is 13.2 Å². The quantitative estimate of drug-likeness (QED) is 0.542. The van der Waals surface area contributed by atoms with Gasteiger partial charge in [0.25, 0.3) is 5.91 Å². The lowest BCUT2D eigenvalue weighted by Gasteiger charge is -2.32. The Morgan fingerprint density at radius 1 is 1.06 bits per heavy atom. The van der Waals surface area contributed by atoms with Crippen molar-refractivity contribution < 1.29 is 22.4 Å². The van der Waals surface area contributed by atoms with Crippen LogP contribution in [0.25, 0.3) is 0 Å². The SMILES string of the molecule is COc1ccc(CC2CCN(C(=O)c3ccc(S(=O)(=O)NCc4ccco4)cc3)CC2)cc1. The van der Waals surface area contributed by atoms with E-state index >= 15 is 0 Å². The molecule has 4 rings (SSSR count). The number of sulfonamides is 1. The van der Waals surface area contributed by atoms with Gasteiger partial charge in [0.05, 0.1) is 24.8 Å². The molecule has 33 heavy (non-hydrogen) atoms. The van der Waals surface area contributed by atoms with Crippen LogP contribution in [-0.2, 0) is 23.0 Å². The molecule has 0 saturated carbocycles. The summed E-state index contributed by atoms with van der Waals surface area (Å²) in [6, 6.07) is 17.6. The summed E-state index contributed by atoms with van der Waals surface area (Å²) in [4.78, 5) is 14.9. The van der Waals surface area contributed by atoms with Gasteiger partial charge in [-0.1, -0.05) is 12.1 Å². The summed E-state index contributed by atoms with van der Waals surface area (Å²) in [6.45, 7) is 1.47. The first-order valence-electron chi connectivity index (χ1n) is 11.0. The van der Waals surface area contributed by atoms with E-state index in [-0.39, 0.29) is 17.3 Å². The molecular formula is C25H28N2O5S. The van der Waals surface area contributed by atoms with E-state index < -0.39 is 10.0 Å². The van der Waals surface area contributed by atoms with Gasteiger partial charge in [-0.3, -0.25) is 4.79 Å². The smallest absolute Gasteiger partial charge is 0.253 e. The molecule has 2 heterocycles. The maximum Gasteiger partial charge on any atom is 0.253 e. The number of nitrogens with zero attached hydrogens (tertiary/aromatic N) is 1. The number of nitrogens with one attached hydrogen (secondary N) is 1. The van der Waals surface area contributed by atoms with Crippen molar-refractivity contribution in [1.82, 2.24) is 9.62 Å². The minimum Gasteiger partial charge on any atom is -0.497 e. The zero-order valence-corrected chi connectivity index (χ0v) is 19.4. The Labute approximate surface area is 194 Å². The molecule has 0 atom stereocenters. The van der Waals surface area contributed by atoms with Gasteiger partial charge in [-0.25, -0.2) is 13.1 Å². The monoisotopic (exact) mass is 468 g/mol. The summed E-state index contributed by atoms with van der Waals surface area (Å²) < 4.78 is 37.8. The fourth-order valence-electron chi connectivity index (χ4n) is 4.06. The Hall–Kier alpha value is -3.10. The number of likely N-dealkylation sites (tertiary alicyclic amines) is 1. The Kier molecular flexibility index (Phi) is 7.15. The molecule has 1 aliphatic rings. The Morgan fingerprint density at radius 3 is 2.36 bits per heavy atom. The molecule has 1 N–H and O–H groups in total. The summed E-state index contributed by atoms with van der Waals surface area (Å²) >= 11 is 0. The summed E-state index contributed by atoms with van der Waals surface area (Å²) in [7, 11) is -2.03. The van der Waals surface area contributed by atoms with Gasteiger partial charge < -0.3 is 14.1 Å². The highest BCUT2D eigenvalue weighted by Crippen LogP contribution is 2.24. The molecule has 0 aliphatic carbocycles. The Balaban J connectivity index is 1.30. The fourth-order valence-corrected chi connectivity index (χ4v) is 5.05. The molecule has 0 spiro atoms. The molecular weight excluding hydrogens is 440 g/mol. The number of piperidine rings is 1. The number of rotatable bonds is 8. The second-order valence-electron chi connectivity index (χ2n) is 8.22. The molecule has 7 nitrogen and oxygen atoms in total. The Bertz CT molecular complexity index is 1150. The number of hydrogen-bond acceptors (Lipinski definition) is 5. The third-order valence-corrected chi connectivity index (χ3v) is 7.43. The average molecular weight is 469 g/mol. The van der Waals surface area contributed by atoms with Crippen molar-refractivity contribution in [3.05, 3.63) is 83.8 Å². The van der Waals surface area contributed by atoms with E-state index in [1.807, 2.05) is 17.0 Å². The Morgan fingerprint density at radius 2 is 1.76 bits per heavy atom. The van der Waals surface area contributed by atoms with Gasteiger partial charge in [0, 0.05) is 18.7 Å². The van der Waals surface area contributed by atoms with Crippen LogP contribution in [0, 0.1) is 5.92 Å². The highest BCUT2D eigenvalue weighted by molar-refractivity contribution is 7.89. The van der Waals surface area contributed by atoms with Gasteiger partial charge in [-0.15, -0.1) is 0 Å². The average Bonchev–Trinajstić information content (AvgIpc) is 3.37. The molecule has 1 aromatic heterocycles. The van der Waals surface area contributed by atoms with Crippen molar-refractivity contribution in [2.45, 2.75) is 30.7 Å². The number of carbonyl (C=O) groups is 1. The molecule has 174 valence electrons. The minimum atomic E-state index is -3.69. The number of methoxy groups -OCH3 is 1. The number of carbonyl (C=O) groups excluding carboxylic acids is 1. The number of furan rings is 1. The first-order valence-corrected chi connectivity index (χ1v) is 12.5. The van der Waals surface area contributed by atoms with Gasteiger partial charge in [0.1, 0.15) is 11.5 Å². The zero-order valence-electron chi connectivity index (χ0n) is 18.6. The fraction of sp³-hybridized carbons (Fsp3) is 0.320. The zero-order chi connectivity index (χ0) is 23.3. The molecule has 8 heteroatoms. The van der Waals surface area contributed by atoms with E-state index in [0.29, 0.717) is 30.3 Å². The van der Waals surface area contributed by atoms with E-state index in [0.717, 1.165) is 25.0 Å². The van der Waals surface area contributed by atoms with E-state index in [1.165, 1.54) is 24.0 Å². The van der Waals surface area contributed by atoms with Crippen LogP contribution in [0.3, 0.4) is 0 Å². The molecule has 0 radical (unpaired) electrons. The number of hydrogen-bond donors (Lipinski definition) is 1. The number of amides is 1. The van der Waals surface area contributed by atoms with Crippen molar-refractivity contribution in [3.63, 3.8) is 0 Å². The normalized spacial score (nSPS) is 14.9. The van der Waals surface area contributed by atoms with Crippen molar-refractivity contribution in [3.8, 4) is 5.75 Å². The van der Waals surface area contributed by atoms with Crippen LogP contribution in [0.15, 0.2) is 76.2 Å². The lowest BCUT2D eigenvalue weighted by molar-refractivity contribution is 0.0690. The van der Waals surface area contributed by atoms with Crippen LogP contribution < -0.4 is 9.46 Å². The van der Waals surface area contributed by atoms with E-state index in [1.54, 1.807) is 31.4 Å². The van der Waals surface area contributed by atoms with Gasteiger partial charge in [-0.2, -0.15) is 0 Å². The molecule has 1 fully saturated rings. The molecule has 2 aromatic carbocycles. The summed E-state index contributed by atoms with van der Waals surface area (Å²) in [5.74, 6) is 1.85. The maximum atomic E-state index is 12.9. The van der Waals surface area contributed by atoms with Crippen LogP contribution in [0.2, 0.25) is 0 Å². The van der Waals surface area contributed by atoms with Crippen LogP contribution in [0.5, 0.6) is 5.75 Å². The van der Waals surface area contributed by atoms with Crippen molar-refractivity contribution in [2.24, 2.45) is 5.92 Å². The molecule has 1 amide bonds. The maximum absolute atomic E-state index is 12.9. The third kappa shape index (κ3) is 5.83. The standard InChI is InChI=1S/C25H28N2O5S/c1-31-22-8-4-19(5-9-22)17-20-12-14-27(15-13-20)25(28)21-6-10-24(11-7-21)33(29,30)26-18-23-3-2-16-32-23/h2-11,16,20,26H,12-15,17-18H2,1H3. The molecule has 1 aliphatic heterocycles. The second kappa shape index (κ2) is 10.2. The molecule has 0 unspecified atom stereocenters. The van der Waals surface area contributed by atoms with E-state index in [4.69, 9.17) is 9.15 Å². The topological polar surface area (TPSA) is 88.8 Å². The van der Waals surface area contributed by atoms with Gasteiger partial charge in [0.2, 0.25) is 10.0 Å². The van der Waals surface area contributed by atoms with Gasteiger partial charge in [0.15, 0.2) is 0 Å². The highest BCUT2D eigenvalue weighted by Gasteiger charge is 2.24. The highest BCUT2D eigenvalue weighted by atomic mass is 32.2. The van der Waals surface area contributed by atoms with E-state index in [2.05, 4.69) is 16.9 Å². The van der Waals surface area contributed by atoms with Crippen LogP contribution in [-0.4, -0.2) is 39.4 Å². The number of ether oxygens (including phenoxy) is 1. The molecule has 1 saturated heterocycles. The molecule has 3 aromatic rings. The predicted molar refractivity (Wildman–Crippen MR) is 125 cm³/mol. The predicted octanol–water partition coefficient (Wildman–Crippen LogP) is 3.86. The molecule has 0 bridgehead atoms. The third-order valence-electron chi connectivity index (χ3n) is 6.01. The van der Waals surface area contributed by atoms with Crippen LogP contribution >= 0.6 is 0 Å². The van der Waals surface area contributed by atoms with Crippen molar-refractivity contribution in [2.75, 3.05) is 20.2 Å². The first kappa shape index (κ1) is 23.1. The summed E-state index contributed by atoms with van der Waals surface area (Å²) in [5.41, 5.74) is 1.77. The lowest BCUT2D eigenvalue weighted by atomic mass is 9.90. The summed E-state index contributed by atoms with van der Waals surface area (Å²) in [5, 5.41) is 0. The van der Waals surface area contributed by atoms with Crippen LogP contribution in [0.1, 0.15) is 34.5 Å². The second-order valence-corrected chi connectivity index (χ2v) is 9.98. The van der Waals surface area contributed by atoms with Gasteiger partial charge >= 0.3 is 0 Å². The lowest BCUT2D eigenvalue weighted by Crippen LogP contribution is -2.38. The van der Waals surface area contributed by atoms with Crippen molar-refractivity contribution >= 4 is 15.9 Å². The summed E-state index contributed by atoms with van der Waals surface area (Å²) in [6.07, 6.45) is 4.37. The van der Waals surface area contributed by atoms with Gasteiger partial charge in [-0.05, 0) is 79.3 Å².